The monoisotopic (exact) mass is 183 g/mol. The smallest absolute Gasteiger partial charge is 0.0468 e. The van der Waals surface area contributed by atoms with Crippen LogP contribution in [0.15, 0.2) is 23.8 Å². The van der Waals surface area contributed by atoms with Crippen molar-refractivity contribution in [1.82, 2.24) is 0 Å². The third-order valence-electron chi connectivity index (χ3n) is 2.33. The van der Waals surface area contributed by atoms with E-state index in [2.05, 4.69) is 0 Å². The van der Waals surface area contributed by atoms with Crippen LogP contribution in [0, 0.1) is 0 Å². The minimum Gasteiger partial charge on any atom is -0.396 e. The molecule has 3 nitrogen and oxygen atoms in total. The predicted molar refractivity (Wildman–Crippen MR) is 52.2 cm³/mol. The van der Waals surface area contributed by atoms with Crippen molar-refractivity contribution < 1.29 is 10.2 Å². The second kappa shape index (κ2) is 4.56. The van der Waals surface area contributed by atoms with Crippen molar-refractivity contribution in [2.45, 2.75) is 24.8 Å². The van der Waals surface area contributed by atoms with E-state index in [9.17, 15) is 0 Å². The lowest BCUT2D eigenvalue weighted by Gasteiger charge is -2.28. The van der Waals surface area contributed by atoms with Crippen molar-refractivity contribution >= 4 is 0 Å². The molecule has 0 saturated heterocycles. The molecule has 0 radical (unpaired) electrons. The van der Waals surface area contributed by atoms with Crippen molar-refractivity contribution in [1.29, 1.82) is 0 Å². The molecule has 4 N–H and O–H groups in total. The quantitative estimate of drug-likeness (QED) is 0.588. The standard InChI is InChI=1S/C10H17NO2/c11-10(5-7-13)4-1-2-9(8-10)3-6-12/h1-2,4,12-13H,3,5-8,11H2. The van der Waals surface area contributed by atoms with Gasteiger partial charge in [-0.2, -0.15) is 0 Å². The van der Waals surface area contributed by atoms with Gasteiger partial charge in [0, 0.05) is 18.8 Å². The maximum atomic E-state index is 8.82. The first-order valence-electron chi connectivity index (χ1n) is 4.58. The first-order valence-corrected chi connectivity index (χ1v) is 4.58. The molecule has 0 aromatic heterocycles. The summed E-state index contributed by atoms with van der Waals surface area (Å²) in [7, 11) is 0. The van der Waals surface area contributed by atoms with Crippen LogP contribution in [-0.2, 0) is 0 Å². The second-order valence-corrected chi connectivity index (χ2v) is 3.54. The van der Waals surface area contributed by atoms with Crippen molar-refractivity contribution in [3.63, 3.8) is 0 Å². The van der Waals surface area contributed by atoms with Gasteiger partial charge >= 0.3 is 0 Å². The number of hydrogen-bond acceptors (Lipinski definition) is 3. The van der Waals surface area contributed by atoms with E-state index in [-0.39, 0.29) is 13.2 Å². The fraction of sp³-hybridized carbons (Fsp3) is 0.600. The number of nitrogens with two attached hydrogens (primary N) is 1. The van der Waals surface area contributed by atoms with Crippen LogP contribution in [0.1, 0.15) is 19.3 Å². The zero-order valence-electron chi connectivity index (χ0n) is 7.74. The van der Waals surface area contributed by atoms with Gasteiger partial charge in [0.15, 0.2) is 0 Å². The van der Waals surface area contributed by atoms with E-state index in [0.717, 1.165) is 12.0 Å². The van der Waals surface area contributed by atoms with Crippen molar-refractivity contribution in [2.24, 2.45) is 5.73 Å². The van der Waals surface area contributed by atoms with Gasteiger partial charge in [0.05, 0.1) is 0 Å². The van der Waals surface area contributed by atoms with Gasteiger partial charge in [0.1, 0.15) is 0 Å². The highest BCUT2D eigenvalue weighted by atomic mass is 16.3. The summed E-state index contributed by atoms with van der Waals surface area (Å²) in [5.74, 6) is 0. The Labute approximate surface area is 78.6 Å². The zero-order chi connectivity index (χ0) is 9.73. The van der Waals surface area contributed by atoms with Crippen LogP contribution in [-0.4, -0.2) is 29.0 Å². The molecule has 1 atom stereocenters. The maximum Gasteiger partial charge on any atom is 0.0468 e. The van der Waals surface area contributed by atoms with Gasteiger partial charge in [-0.25, -0.2) is 0 Å². The van der Waals surface area contributed by atoms with Crippen LogP contribution in [0.2, 0.25) is 0 Å². The number of hydrogen-bond donors (Lipinski definition) is 3. The van der Waals surface area contributed by atoms with Gasteiger partial charge in [0.25, 0.3) is 0 Å². The van der Waals surface area contributed by atoms with Crippen LogP contribution in [0.5, 0.6) is 0 Å². The van der Waals surface area contributed by atoms with Crippen molar-refractivity contribution in [3.8, 4) is 0 Å². The lowest BCUT2D eigenvalue weighted by Crippen LogP contribution is -2.40. The Morgan fingerprint density at radius 1 is 1.38 bits per heavy atom. The molecule has 1 unspecified atom stereocenters. The highest BCUT2D eigenvalue weighted by Crippen LogP contribution is 2.25. The third-order valence-corrected chi connectivity index (χ3v) is 2.33. The summed E-state index contributed by atoms with van der Waals surface area (Å²) < 4.78 is 0. The van der Waals surface area contributed by atoms with Gasteiger partial charge in [-0.3, -0.25) is 0 Å². The van der Waals surface area contributed by atoms with Crippen LogP contribution in [0.4, 0.5) is 0 Å². The van der Waals surface area contributed by atoms with E-state index >= 15 is 0 Å². The Hall–Kier alpha value is -0.640. The molecule has 1 rings (SSSR count). The first-order chi connectivity index (χ1) is 6.20. The summed E-state index contributed by atoms with van der Waals surface area (Å²) in [5.41, 5.74) is 6.77. The lowest BCUT2D eigenvalue weighted by atomic mass is 9.84. The molecule has 1 aliphatic carbocycles. The minimum absolute atomic E-state index is 0.104. The van der Waals surface area contributed by atoms with E-state index < -0.39 is 5.54 Å². The molecule has 0 aromatic carbocycles. The number of rotatable bonds is 4. The Kier molecular flexibility index (Phi) is 3.66. The van der Waals surface area contributed by atoms with Gasteiger partial charge in [-0.05, 0) is 19.3 Å². The number of aliphatic hydroxyl groups is 2. The van der Waals surface area contributed by atoms with Crippen LogP contribution in [0.25, 0.3) is 0 Å². The lowest BCUT2D eigenvalue weighted by molar-refractivity contribution is 0.252. The van der Waals surface area contributed by atoms with E-state index in [1.807, 2.05) is 18.2 Å². The summed E-state index contributed by atoms with van der Waals surface area (Å²) in [4.78, 5) is 0. The largest absolute Gasteiger partial charge is 0.396 e. The highest BCUT2D eigenvalue weighted by molar-refractivity contribution is 5.26. The Morgan fingerprint density at radius 2 is 2.15 bits per heavy atom. The summed E-state index contributed by atoms with van der Waals surface area (Å²) >= 11 is 0. The third kappa shape index (κ3) is 2.95. The molecule has 0 spiro atoms. The first kappa shape index (κ1) is 10.4. The molecule has 0 fully saturated rings. The minimum atomic E-state index is -0.409. The molecule has 0 heterocycles. The topological polar surface area (TPSA) is 66.5 Å². The Bertz CT molecular complexity index is 223. The molecule has 0 aromatic rings. The molecular weight excluding hydrogens is 166 g/mol. The van der Waals surface area contributed by atoms with Gasteiger partial charge in [-0.1, -0.05) is 23.8 Å². The van der Waals surface area contributed by atoms with Gasteiger partial charge < -0.3 is 15.9 Å². The van der Waals surface area contributed by atoms with E-state index in [1.54, 1.807) is 0 Å². The molecule has 0 aliphatic heterocycles. The van der Waals surface area contributed by atoms with Gasteiger partial charge in [0.2, 0.25) is 0 Å². The summed E-state index contributed by atoms with van der Waals surface area (Å²) in [6, 6.07) is 0. The molecule has 0 bridgehead atoms. The molecular formula is C10H17NO2. The average Bonchev–Trinajstić information content (AvgIpc) is 2.04. The number of allylic oxidation sites excluding steroid dienone is 2. The number of aliphatic hydroxyl groups excluding tert-OH is 2. The van der Waals surface area contributed by atoms with Gasteiger partial charge in [-0.15, -0.1) is 0 Å². The molecule has 0 amide bonds. The Balaban J connectivity index is 2.57. The van der Waals surface area contributed by atoms with Crippen molar-refractivity contribution in [3.05, 3.63) is 23.8 Å². The Morgan fingerprint density at radius 3 is 2.77 bits per heavy atom. The molecule has 0 saturated carbocycles. The van der Waals surface area contributed by atoms with E-state index in [4.69, 9.17) is 15.9 Å². The van der Waals surface area contributed by atoms with Crippen molar-refractivity contribution in [2.75, 3.05) is 13.2 Å². The fourth-order valence-electron chi connectivity index (χ4n) is 1.61. The maximum absolute atomic E-state index is 8.82. The normalized spacial score (nSPS) is 27.5. The molecule has 3 heteroatoms. The molecule has 1 aliphatic rings. The van der Waals surface area contributed by atoms with Crippen LogP contribution < -0.4 is 5.73 Å². The fourth-order valence-corrected chi connectivity index (χ4v) is 1.61. The highest BCUT2D eigenvalue weighted by Gasteiger charge is 2.23. The van der Waals surface area contributed by atoms with E-state index in [0.29, 0.717) is 12.8 Å². The second-order valence-electron chi connectivity index (χ2n) is 3.54. The SMILES string of the molecule is NC1(CCO)C=CC=C(CCO)C1. The average molecular weight is 183 g/mol. The van der Waals surface area contributed by atoms with E-state index in [1.165, 1.54) is 0 Å². The van der Waals surface area contributed by atoms with Crippen LogP contribution >= 0.6 is 0 Å². The molecule has 74 valence electrons. The summed E-state index contributed by atoms with van der Waals surface area (Å²) in [5, 5.41) is 17.6. The predicted octanol–water partition coefficient (Wildman–Crippen LogP) is 0.335. The summed E-state index contributed by atoms with van der Waals surface area (Å²) in [6.45, 7) is 0.266. The molecule has 13 heavy (non-hydrogen) atoms. The van der Waals surface area contributed by atoms with Crippen LogP contribution in [0.3, 0.4) is 0 Å². The zero-order valence-corrected chi connectivity index (χ0v) is 7.74. The summed E-state index contributed by atoms with van der Waals surface area (Å²) in [6.07, 6.45) is 7.80.